The topological polar surface area (TPSA) is 113 Å². The first kappa shape index (κ1) is 37.5. The largest absolute Gasteiger partial charge is 0.488 e. The van der Waals surface area contributed by atoms with Crippen LogP contribution in [-0.4, -0.2) is 36.6 Å². The highest BCUT2D eigenvalue weighted by Gasteiger charge is 2.60. The van der Waals surface area contributed by atoms with Crippen molar-refractivity contribution in [2.45, 2.75) is 57.9 Å². The number of aliphatic hydroxyl groups excluding tert-OH is 1. The van der Waals surface area contributed by atoms with Gasteiger partial charge in [-0.1, -0.05) is 49.8 Å². The monoisotopic (exact) mass is 698 g/mol. The first-order valence-electron chi connectivity index (χ1n) is 16.2. The number of nitrogens with zero attached hydrogens (tertiary/aromatic N) is 4. The molecule has 11 heteroatoms. The summed E-state index contributed by atoms with van der Waals surface area (Å²) in [6.07, 6.45) is 5.19. The number of nitriles is 3. The third kappa shape index (κ3) is 9.03. The summed E-state index contributed by atoms with van der Waals surface area (Å²) in [4.78, 5) is 3.75. The van der Waals surface area contributed by atoms with Crippen molar-refractivity contribution in [2.75, 3.05) is 24.6 Å². The average molecular weight is 699 g/mol. The molecule has 0 fully saturated rings. The average Bonchev–Trinajstić information content (AvgIpc) is 3.69. The molecule has 1 atom stereocenters. The van der Waals surface area contributed by atoms with Crippen molar-refractivity contribution < 1.29 is 27.8 Å². The molecule has 2 aromatic carbocycles. The summed E-state index contributed by atoms with van der Waals surface area (Å²) in [5.74, 6) is 0.0197. The Bertz CT molecular complexity index is 1880. The molecule has 0 bridgehead atoms. The molecular formula is C39H37F3N4O3S. The van der Waals surface area contributed by atoms with Gasteiger partial charge in [-0.05, 0) is 74.2 Å². The summed E-state index contributed by atoms with van der Waals surface area (Å²) < 4.78 is 54.0. The molecule has 0 saturated heterocycles. The van der Waals surface area contributed by atoms with E-state index in [2.05, 4.69) is 17.9 Å². The van der Waals surface area contributed by atoms with Gasteiger partial charge in [0.1, 0.15) is 36.1 Å². The summed E-state index contributed by atoms with van der Waals surface area (Å²) in [6.45, 7) is 5.15. The Labute approximate surface area is 294 Å². The van der Waals surface area contributed by atoms with Gasteiger partial charge < -0.3 is 19.5 Å². The number of aliphatic hydroxyl groups is 1. The summed E-state index contributed by atoms with van der Waals surface area (Å²) in [5, 5.41) is 37.5. The van der Waals surface area contributed by atoms with E-state index in [4.69, 9.17) is 9.47 Å². The molecule has 0 radical (unpaired) electrons. The Morgan fingerprint density at radius 2 is 1.62 bits per heavy atom. The highest BCUT2D eigenvalue weighted by Crippen LogP contribution is 2.49. The number of rotatable bonds is 15. The van der Waals surface area contributed by atoms with E-state index in [1.54, 1.807) is 12.1 Å². The minimum absolute atomic E-state index is 0.154. The predicted molar refractivity (Wildman–Crippen MR) is 189 cm³/mol. The minimum atomic E-state index is -4.93. The quantitative estimate of drug-likeness (QED) is 0.124. The van der Waals surface area contributed by atoms with E-state index in [1.165, 1.54) is 29.6 Å². The number of ether oxygens (including phenoxy) is 2. The Morgan fingerprint density at radius 3 is 2.24 bits per heavy atom. The number of halogens is 3. The highest BCUT2D eigenvalue weighted by molar-refractivity contribution is 7.13. The molecule has 4 rings (SSSR count). The van der Waals surface area contributed by atoms with Crippen LogP contribution in [0, 0.1) is 34.0 Å². The van der Waals surface area contributed by atoms with Crippen molar-refractivity contribution in [1.29, 1.82) is 15.8 Å². The lowest BCUT2D eigenvalue weighted by Crippen LogP contribution is -2.43. The lowest BCUT2D eigenvalue weighted by molar-refractivity contribution is -0.236. The van der Waals surface area contributed by atoms with E-state index in [0.29, 0.717) is 17.2 Å². The second kappa shape index (κ2) is 17.4. The van der Waals surface area contributed by atoms with Gasteiger partial charge in [-0.3, -0.25) is 0 Å². The Hall–Kier alpha value is -5.28. The van der Waals surface area contributed by atoms with E-state index >= 15 is 0 Å². The maximum Gasteiger partial charge on any atom is 0.432 e. The molecule has 0 aliphatic carbocycles. The van der Waals surface area contributed by atoms with Crippen LogP contribution < -0.4 is 9.64 Å². The Morgan fingerprint density at radius 1 is 0.940 bits per heavy atom. The highest BCUT2D eigenvalue weighted by atomic mass is 32.1. The van der Waals surface area contributed by atoms with Crippen LogP contribution in [-0.2, 0) is 11.3 Å². The number of alkyl halides is 3. The predicted octanol–water partition coefficient (Wildman–Crippen LogP) is 9.36. The summed E-state index contributed by atoms with van der Waals surface area (Å²) in [5.41, 5.74) is -1.72. The van der Waals surface area contributed by atoms with Gasteiger partial charge in [-0.2, -0.15) is 29.0 Å². The molecule has 1 unspecified atom stereocenters. The van der Waals surface area contributed by atoms with Gasteiger partial charge in [0.15, 0.2) is 11.3 Å². The normalized spacial score (nSPS) is 15.9. The second-order valence-corrected chi connectivity index (χ2v) is 12.8. The lowest BCUT2D eigenvalue weighted by atomic mass is 9.92. The van der Waals surface area contributed by atoms with E-state index < -0.39 is 34.3 Å². The molecular weight excluding hydrogens is 662 g/mol. The maximum atomic E-state index is 14.2. The fourth-order valence-electron chi connectivity index (χ4n) is 5.27. The number of hydrogen-bond acceptors (Lipinski definition) is 8. The SMILES string of the molecule is CCCCN(CCCCO)c1ccc(/C=C/c2ccc(/C=C/C3=C(C#N)C(=C(C#N)C#N)OC3(C)C(F)(F)F)s2)c(OCc2ccccc2)c1. The summed E-state index contributed by atoms with van der Waals surface area (Å²) >= 11 is 1.33. The van der Waals surface area contributed by atoms with Crippen LogP contribution in [0.2, 0.25) is 0 Å². The van der Waals surface area contributed by atoms with Crippen LogP contribution in [0.3, 0.4) is 0 Å². The van der Waals surface area contributed by atoms with Crippen LogP contribution in [0.4, 0.5) is 18.9 Å². The molecule has 50 heavy (non-hydrogen) atoms. The maximum absolute atomic E-state index is 14.2. The van der Waals surface area contributed by atoms with Crippen LogP contribution in [0.1, 0.15) is 60.4 Å². The first-order valence-corrected chi connectivity index (χ1v) is 17.0. The number of thiophene rings is 1. The van der Waals surface area contributed by atoms with Crippen molar-refractivity contribution in [3.05, 3.63) is 110 Å². The van der Waals surface area contributed by atoms with Crippen molar-refractivity contribution in [3.63, 3.8) is 0 Å². The third-order valence-electron chi connectivity index (χ3n) is 8.13. The molecule has 1 aliphatic heterocycles. The molecule has 7 nitrogen and oxygen atoms in total. The van der Waals surface area contributed by atoms with Gasteiger partial charge in [-0.15, -0.1) is 11.3 Å². The number of hydrogen-bond donors (Lipinski definition) is 1. The van der Waals surface area contributed by atoms with Crippen LogP contribution in [0.25, 0.3) is 18.2 Å². The molecule has 1 N–H and O–H groups in total. The molecule has 258 valence electrons. The fourth-order valence-corrected chi connectivity index (χ4v) is 6.09. The Balaban J connectivity index is 1.63. The number of anilines is 1. The zero-order valence-corrected chi connectivity index (χ0v) is 28.7. The molecule has 0 amide bonds. The summed E-state index contributed by atoms with van der Waals surface area (Å²) in [7, 11) is 0. The van der Waals surface area contributed by atoms with Crippen molar-refractivity contribution in [3.8, 4) is 24.0 Å². The van der Waals surface area contributed by atoms with E-state index in [9.17, 15) is 34.1 Å². The number of allylic oxidation sites excluding steroid dienone is 2. The van der Waals surface area contributed by atoms with E-state index in [1.807, 2.05) is 60.7 Å². The number of unbranched alkanes of at least 4 members (excludes halogenated alkanes) is 2. The fraction of sp³-hybridized carbons (Fsp3) is 0.308. The molecule has 1 aromatic heterocycles. The first-order chi connectivity index (χ1) is 24.1. The molecule has 0 saturated carbocycles. The minimum Gasteiger partial charge on any atom is -0.488 e. The van der Waals surface area contributed by atoms with Gasteiger partial charge >= 0.3 is 6.18 Å². The third-order valence-corrected chi connectivity index (χ3v) is 9.14. The van der Waals surface area contributed by atoms with Gasteiger partial charge in [0.2, 0.25) is 5.60 Å². The Kier molecular flexibility index (Phi) is 13.1. The standard InChI is InChI=1S/C39H37F3N4O3S/c1-3-4-20-46(21-8-9-22-47)31-14-12-29(36(23-31)48-27-28-10-6-5-7-11-28)13-15-32-16-17-33(50-32)18-19-35-34(26-45)37(30(24-43)25-44)49-38(35,2)39(40,41)42/h5-7,10-19,23,47H,3-4,8-9,20-22,27H2,1-2H3/b15-13+,19-18+. The lowest BCUT2D eigenvalue weighted by Gasteiger charge is -2.28. The van der Waals surface area contributed by atoms with Crippen molar-refractivity contribution in [1.82, 2.24) is 0 Å². The van der Waals surface area contributed by atoms with Crippen LogP contribution >= 0.6 is 11.3 Å². The van der Waals surface area contributed by atoms with Gasteiger partial charge in [-0.25, -0.2) is 0 Å². The number of benzene rings is 2. The molecule has 3 aromatic rings. The van der Waals surface area contributed by atoms with E-state index in [0.717, 1.165) is 73.5 Å². The zero-order valence-electron chi connectivity index (χ0n) is 27.8. The van der Waals surface area contributed by atoms with Gasteiger partial charge in [0, 0.05) is 52.3 Å². The molecule has 1 aliphatic rings. The smallest absolute Gasteiger partial charge is 0.432 e. The van der Waals surface area contributed by atoms with Crippen LogP contribution in [0.5, 0.6) is 5.75 Å². The molecule has 2 heterocycles. The molecule has 0 spiro atoms. The van der Waals surface area contributed by atoms with Crippen molar-refractivity contribution in [2.24, 2.45) is 0 Å². The summed E-state index contributed by atoms with van der Waals surface area (Å²) in [6, 6.07) is 24.2. The van der Waals surface area contributed by atoms with Gasteiger partial charge in [0.25, 0.3) is 0 Å². The van der Waals surface area contributed by atoms with Gasteiger partial charge in [0.05, 0.1) is 0 Å². The second-order valence-electron chi connectivity index (χ2n) is 11.6. The zero-order chi connectivity index (χ0) is 36.1. The van der Waals surface area contributed by atoms with Crippen LogP contribution in [0.15, 0.2) is 89.2 Å². The van der Waals surface area contributed by atoms with Crippen molar-refractivity contribution >= 4 is 35.3 Å². The van der Waals surface area contributed by atoms with E-state index in [-0.39, 0.29) is 6.61 Å².